The number of hydrogen-bond donors (Lipinski definition) is 1. The van der Waals surface area contributed by atoms with Crippen LogP contribution in [0.15, 0.2) is 41.3 Å². The fraction of sp³-hybridized carbons (Fsp3) is 0. The molecule has 0 aliphatic rings. The highest BCUT2D eigenvalue weighted by Gasteiger charge is 2.06. The molecule has 4 heteroatoms. The van der Waals surface area contributed by atoms with Crippen molar-refractivity contribution in [2.75, 3.05) is 0 Å². The minimum absolute atomic E-state index is 0.181. The fourth-order valence-electron chi connectivity index (χ4n) is 1.36. The summed E-state index contributed by atoms with van der Waals surface area (Å²) in [5, 5.41) is 2.02. The van der Waals surface area contributed by atoms with Crippen LogP contribution in [0.3, 0.4) is 0 Å². The third-order valence-corrected chi connectivity index (χ3v) is 3.34. The van der Waals surface area contributed by atoms with Gasteiger partial charge < -0.3 is 0 Å². The van der Waals surface area contributed by atoms with E-state index in [-0.39, 0.29) is 4.90 Å². The first kappa shape index (κ1) is 9.49. The van der Waals surface area contributed by atoms with E-state index in [1.807, 2.05) is 18.2 Å². The molecule has 0 spiro atoms. The molecule has 72 valence electrons. The number of rotatable bonds is 1. The topological polar surface area (TPSA) is 34.1 Å². The van der Waals surface area contributed by atoms with E-state index in [0.29, 0.717) is 5.02 Å². The summed E-state index contributed by atoms with van der Waals surface area (Å²) < 4.78 is 21.6. The summed E-state index contributed by atoms with van der Waals surface area (Å²) in [6, 6.07) is 10.7. The van der Waals surface area contributed by atoms with E-state index < -0.39 is 10.7 Å². The van der Waals surface area contributed by atoms with Crippen molar-refractivity contribution in [3.8, 4) is 0 Å². The molecule has 0 aromatic heterocycles. The van der Waals surface area contributed by atoms with Crippen molar-refractivity contribution in [2.24, 2.45) is 0 Å². The van der Waals surface area contributed by atoms with Gasteiger partial charge in [-0.25, -0.2) is 8.42 Å². The Hall–Kier alpha value is -1.06. The number of fused-ring (bicyclic) bond motifs is 1. The maximum Gasteiger partial charge on any atom is 0.169 e. The molecule has 0 heterocycles. The van der Waals surface area contributed by atoms with E-state index in [0.717, 1.165) is 10.8 Å². The summed E-state index contributed by atoms with van der Waals surface area (Å²) in [6.45, 7) is 0. The predicted molar refractivity (Wildman–Crippen MR) is 57.5 cm³/mol. The summed E-state index contributed by atoms with van der Waals surface area (Å²) in [6.07, 6.45) is 0. The average Bonchev–Trinajstić information content (AvgIpc) is 2.18. The van der Waals surface area contributed by atoms with Gasteiger partial charge in [-0.1, -0.05) is 41.9 Å². The second kappa shape index (κ2) is 3.59. The second-order valence-corrected chi connectivity index (χ2v) is 4.25. The third-order valence-electron chi connectivity index (χ3n) is 2.04. The van der Waals surface area contributed by atoms with Crippen molar-refractivity contribution in [2.45, 2.75) is 4.90 Å². The van der Waals surface area contributed by atoms with Gasteiger partial charge in [-0.15, -0.1) is 0 Å². The minimum Gasteiger partial charge on any atom is -0.227 e. The average molecular weight is 227 g/mol. The highest BCUT2D eigenvalue weighted by Crippen LogP contribution is 2.27. The second-order valence-electron chi connectivity index (χ2n) is 2.88. The van der Waals surface area contributed by atoms with Crippen molar-refractivity contribution >= 4 is 33.1 Å². The quantitative estimate of drug-likeness (QED) is 0.758. The monoisotopic (exact) mass is 226 g/mol. The first-order chi connectivity index (χ1) is 6.70. The molecule has 0 aliphatic carbocycles. The zero-order chi connectivity index (χ0) is 10.1. The molecule has 0 radical (unpaired) electrons. The van der Waals surface area contributed by atoms with Crippen molar-refractivity contribution in [3.05, 3.63) is 41.4 Å². The molecule has 0 saturated heterocycles. The summed E-state index contributed by atoms with van der Waals surface area (Å²) in [5.41, 5.74) is 0. The molecule has 0 bridgehead atoms. The number of benzene rings is 2. The van der Waals surface area contributed by atoms with Gasteiger partial charge in [0.05, 0.1) is 9.92 Å². The molecule has 0 amide bonds. The van der Waals surface area contributed by atoms with Crippen LogP contribution in [-0.2, 0) is 10.7 Å². The van der Waals surface area contributed by atoms with E-state index in [1.165, 1.54) is 6.07 Å². The molecule has 2 rings (SSSR count). The lowest BCUT2D eigenvalue weighted by Gasteiger charge is -2.01. The van der Waals surface area contributed by atoms with Crippen molar-refractivity contribution in [3.63, 3.8) is 0 Å². The summed E-state index contributed by atoms with van der Waals surface area (Å²) in [5.74, 6) is 0. The maximum absolute atomic E-state index is 10.8. The molecule has 0 aliphatic heterocycles. The van der Waals surface area contributed by atoms with E-state index in [9.17, 15) is 8.42 Å². The number of thiol groups is 1. The first-order valence-electron chi connectivity index (χ1n) is 4.02. The van der Waals surface area contributed by atoms with E-state index in [2.05, 4.69) is 0 Å². The zero-order valence-corrected chi connectivity index (χ0v) is 8.76. The third kappa shape index (κ3) is 1.49. The Labute approximate surface area is 88.1 Å². The molecular weight excluding hydrogens is 220 g/mol. The number of hydrogen-bond acceptors (Lipinski definition) is 2. The summed E-state index contributed by atoms with van der Waals surface area (Å²) >= 11 is 5.95. The van der Waals surface area contributed by atoms with Crippen LogP contribution >= 0.6 is 11.6 Å². The first-order valence-corrected chi connectivity index (χ1v) is 5.57. The van der Waals surface area contributed by atoms with Gasteiger partial charge in [0, 0.05) is 5.39 Å². The summed E-state index contributed by atoms with van der Waals surface area (Å²) in [4.78, 5) is 0.181. The SMILES string of the molecule is O=[SH](=O)c1ccc2ccccc2c1Cl. The van der Waals surface area contributed by atoms with Crippen molar-refractivity contribution in [1.29, 1.82) is 0 Å². The predicted octanol–water partition coefficient (Wildman–Crippen LogP) is 2.46. The number of halogens is 1. The van der Waals surface area contributed by atoms with Crippen LogP contribution in [0.1, 0.15) is 0 Å². The summed E-state index contributed by atoms with van der Waals surface area (Å²) in [7, 11) is -2.62. The lowest BCUT2D eigenvalue weighted by atomic mass is 10.1. The van der Waals surface area contributed by atoms with Crippen LogP contribution in [0.5, 0.6) is 0 Å². The van der Waals surface area contributed by atoms with Gasteiger partial charge in [0.25, 0.3) is 0 Å². The van der Waals surface area contributed by atoms with Gasteiger partial charge in [-0.3, -0.25) is 0 Å². The van der Waals surface area contributed by atoms with Crippen molar-refractivity contribution < 1.29 is 8.42 Å². The highest BCUT2D eigenvalue weighted by molar-refractivity contribution is 7.72. The molecule has 0 saturated carbocycles. The van der Waals surface area contributed by atoms with E-state index >= 15 is 0 Å². The largest absolute Gasteiger partial charge is 0.227 e. The minimum atomic E-state index is -2.62. The smallest absolute Gasteiger partial charge is 0.169 e. The van der Waals surface area contributed by atoms with Crippen LogP contribution in [0.4, 0.5) is 0 Å². The van der Waals surface area contributed by atoms with Gasteiger partial charge in [-0.05, 0) is 11.5 Å². The van der Waals surface area contributed by atoms with Gasteiger partial charge in [0.15, 0.2) is 10.7 Å². The Morgan fingerprint density at radius 3 is 2.43 bits per heavy atom. The Morgan fingerprint density at radius 1 is 1.00 bits per heavy atom. The molecule has 2 aromatic carbocycles. The maximum atomic E-state index is 10.8. The standard InChI is InChI=1S/C10H7ClO2S/c11-10-8-4-2-1-3-7(8)5-6-9(10)14(12)13/h1-6,14H. The molecule has 0 atom stereocenters. The Morgan fingerprint density at radius 2 is 1.71 bits per heavy atom. The van der Waals surface area contributed by atoms with Gasteiger partial charge in [0.1, 0.15) is 0 Å². The van der Waals surface area contributed by atoms with E-state index in [1.54, 1.807) is 12.1 Å². The van der Waals surface area contributed by atoms with Gasteiger partial charge in [0.2, 0.25) is 0 Å². The van der Waals surface area contributed by atoms with E-state index in [4.69, 9.17) is 11.6 Å². The van der Waals surface area contributed by atoms with Crippen molar-refractivity contribution in [1.82, 2.24) is 0 Å². The lowest BCUT2D eigenvalue weighted by molar-refractivity contribution is 0.615. The Kier molecular flexibility index (Phi) is 2.44. The van der Waals surface area contributed by atoms with Gasteiger partial charge in [-0.2, -0.15) is 0 Å². The molecule has 0 N–H and O–H groups in total. The fourth-order valence-corrected chi connectivity index (χ4v) is 2.28. The van der Waals surface area contributed by atoms with Crippen LogP contribution in [0.25, 0.3) is 10.8 Å². The van der Waals surface area contributed by atoms with Crippen LogP contribution in [0.2, 0.25) is 5.02 Å². The Bertz CT molecular complexity index is 553. The van der Waals surface area contributed by atoms with Crippen LogP contribution in [-0.4, -0.2) is 8.42 Å². The van der Waals surface area contributed by atoms with Crippen LogP contribution < -0.4 is 0 Å². The lowest BCUT2D eigenvalue weighted by Crippen LogP contribution is -1.83. The highest BCUT2D eigenvalue weighted by atomic mass is 35.5. The van der Waals surface area contributed by atoms with Crippen LogP contribution in [0, 0.1) is 0 Å². The molecule has 2 nitrogen and oxygen atoms in total. The molecule has 14 heavy (non-hydrogen) atoms. The normalized spacial score (nSPS) is 11.0. The van der Waals surface area contributed by atoms with Gasteiger partial charge >= 0.3 is 0 Å². The zero-order valence-electron chi connectivity index (χ0n) is 7.11. The Balaban J connectivity index is 2.88. The molecule has 2 aromatic rings. The molecular formula is C10H7ClO2S. The molecule has 0 fully saturated rings. The molecule has 0 unspecified atom stereocenters.